The summed E-state index contributed by atoms with van der Waals surface area (Å²) in [7, 11) is 0. The lowest BCUT2D eigenvalue weighted by Gasteiger charge is -2.38. The first-order chi connectivity index (χ1) is 18.0. The number of quaternary nitrogens is 1. The number of fused-ring (bicyclic) bond motifs is 2. The molecular weight excluding hydrogens is 604 g/mol. The van der Waals surface area contributed by atoms with Gasteiger partial charge in [0.1, 0.15) is 6.54 Å². The molecule has 198 valence electrons. The molecule has 0 spiro atoms. The van der Waals surface area contributed by atoms with Crippen LogP contribution in [0.3, 0.4) is 0 Å². The van der Waals surface area contributed by atoms with Gasteiger partial charge in [0.25, 0.3) is 0 Å². The zero-order chi connectivity index (χ0) is 25.5. The van der Waals surface area contributed by atoms with E-state index in [0.717, 1.165) is 64.6 Å². The second kappa shape index (κ2) is 11.0. The lowest BCUT2D eigenvalue weighted by atomic mass is 9.74. The molecule has 38 heavy (non-hydrogen) atoms. The predicted molar refractivity (Wildman–Crippen MR) is 148 cm³/mol. The van der Waals surface area contributed by atoms with E-state index in [-0.39, 0.29) is 22.4 Å². The second-order valence-electron chi connectivity index (χ2n) is 11.3. The second-order valence-corrected chi connectivity index (χ2v) is 12.2. The first-order valence-electron chi connectivity index (χ1n) is 13.5. The molecule has 3 atom stereocenters. The summed E-state index contributed by atoms with van der Waals surface area (Å²) in [5.74, 6) is 3.81. The third kappa shape index (κ3) is 5.26. The van der Waals surface area contributed by atoms with Crippen LogP contribution in [0.15, 0.2) is 77.3 Å². The summed E-state index contributed by atoms with van der Waals surface area (Å²) in [4.78, 5) is 0. The lowest BCUT2D eigenvalue weighted by Crippen LogP contribution is -3.00. The molecule has 0 N–H and O–H groups in total. The number of rotatable bonds is 9. The molecule has 3 aromatic rings. The van der Waals surface area contributed by atoms with Crippen LogP contribution in [0.4, 0.5) is 0 Å². The van der Waals surface area contributed by atoms with Crippen molar-refractivity contribution in [2.24, 2.45) is 17.8 Å². The highest BCUT2D eigenvalue weighted by molar-refractivity contribution is 9.10. The van der Waals surface area contributed by atoms with Crippen molar-refractivity contribution in [3.63, 3.8) is 0 Å². The average Bonchev–Trinajstić information content (AvgIpc) is 3.27. The zero-order valence-corrected chi connectivity index (χ0v) is 25.0. The van der Waals surface area contributed by atoms with E-state index in [9.17, 15) is 5.26 Å². The van der Waals surface area contributed by atoms with Crippen LogP contribution in [-0.4, -0.2) is 30.9 Å². The molecule has 6 rings (SSSR count). The molecule has 3 aromatic carbocycles. The summed E-state index contributed by atoms with van der Waals surface area (Å²) < 4.78 is 13.4. The summed E-state index contributed by atoms with van der Waals surface area (Å²) in [5, 5.41) is 10.3. The molecule has 3 aliphatic rings. The van der Waals surface area contributed by atoms with E-state index in [1.807, 2.05) is 12.1 Å². The zero-order valence-electron chi connectivity index (χ0n) is 21.8. The van der Waals surface area contributed by atoms with Crippen LogP contribution in [-0.2, 0) is 18.4 Å². The third-order valence-corrected chi connectivity index (χ3v) is 9.70. The summed E-state index contributed by atoms with van der Waals surface area (Å²) in [5.41, 5.74) is 3.53. The van der Waals surface area contributed by atoms with Crippen LogP contribution in [0, 0.1) is 29.1 Å². The fourth-order valence-corrected chi connectivity index (χ4v) is 7.25. The minimum absolute atomic E-state index is 0. The molecule has 0 bridgehead atoms. The highest BCUT2D eigenvalue weighted by Crippen LogP contribution is 2.59. The summed E-state index contributed by atoms with van der Waals surface area (Å²) in [6, 6.07) is 28.4. The lowest BCUT2D eigenvalue weighted by molar-refractivity contribution is -0.934. The molecule has 2 heterocycles. The average molecular weight is 638 g/mol. The Labute approximate surface area is 245 Å². The number of piperidine rings is 1. The molecular formula is C32H34Br2N2O2. The van der Waals surface area contributed by atoms with Crippen LogP contribution < -0.4 is 26.5 Å². The van der Waals surface area contributed by atoms with Gasteiger partial charge in [0, 0.05) is 28.3 Å². The van der Waals surface area contributed by atoms with Gasteiger partial charge in [0.15, 0.2) is 11.5 Å². The van der Waals surface area contributed by atoms with Crippen molar-refractivity contribution in [2.45, 2.75) is 38.1 Å². The molecule has 1 aliphatic carbocycles. The molecule has 2 aliphatic heterocycles. The van der Waals surface area contributed by atoms with Crippen molar-refractivity contribution in [1.29, 1.82) is 5.26 Å². The van der Waals surface area contributed by atoms with Crippen molar-refractivity contribution in [1.82, 2.24) is 0 Å². The van der Waals surface area contributed by atoms with E-state index >= 15 is 0 Å². The van der Waals surface area contributed by atoms with Gasteiger partial charge in [0.05, 0.1) is 31.1 Å². The highest BCUT2D eigenvalue weighted by Gasteiger charge is 2.64. The number of nitriles is 1. The Morgan fingerprint density at radius 2 is 1.63 bits per heavy atom. The van der Waals surface area contributed by atoms with E-state index in [2.05, 4.69) is 89.6 Å². The van der Waals surface area contributed by atoms with Gasteiger partial charge >= 0.3 is 0 Å². The van der Waals surface area contributed by atoms with E-state index in [4.69, 9.17) is 9.47 Å². The van der Waals surface area contributed by atoms with E-state index in [1.165, 1.54) is 29.8 Å². The fourth-order valence-electron chi connectivity index (χ4n) is 6.98. The summed E-state index contributed by atoms with van der Waals surface area (Å²) in [6.45, 7) is 7.08. The van der Waals surface area contributed by atoms with E-state index in [0.29, 0.717) is 12.7 Å². The van der Waals surface area contributed by atoms with Gasteiger partial charge in [-0.1, -0.05) is 71.4 Å². The van der Waals surface area contributed by atoms with Gasteiger partial charge in [-0.15, -0.1) is 0 Å². The maximum atomic E-state index is 10.3. The van der Waals surface area contributed by atoms with Gasteiger partial charge in [-0.05, 0) is 54.2 Å². The van der Waals surface area contributed by atoms with E-state index in [1.54, 1.807) is 0 Å². The van der Waals surface area contributed by atoms with Gasteiger partial charge in [0.2, 0.25) is 6.79 Å². The Morgan fingerprint density at radius 3 is 2.32 bits per heavy atom. The fraction of sp³-hybridized carbons (Fsp3) is 0.406. The molecule has 1 saturated carbocycles. The number of halogens is 2. The highest BCUT2D eigenvalue weighted by atomic mass is 79.9. The molecule has 3 unspecified atom stereocenters. The maximum Gasteiger partial charge on any atom is 0.231 e. The Hall–Kier alpha value is -2.33. The van der Waals surface area contributed by atoms with Crippen LogP contribution >= 0.6 is 15.9 Å². The normalized spacial score (nSPS) is 26.1. The summed E-state index contributed by atoms with van der Waals surface area (Å²) >= 11 is 3.59. The smallest absolute Gasteiger partial charge is 0.231 e. The number of nitrogens with zero attached hydrogens (tertiary/aromatic N) is 2. The minimum Gasteiger partial charge on any atom is -1.00 e. The Bertz CT molecular complexity index is 1300. The molecule has 1 saturated heterocycles. The number of hydrogen-bond donors (Lipinski definition) is 0. The SMILES string of the molecule is CCC(C#N)(CC1C2C[N+](CCc3ccc4c(c3)OCO4)(Cc3ccc(Br)cc3)CC12)c1ccccc1.[Br-]. The molecule has 0 aromatic heterocycles. The Balaban J connectivity index is 0.00000294. The van der Waals surface area contributed by atoms with Gasteiger partial charge in [-0.2, -0.15) is 5.26 Å². The first-order valence-corrected chi connectivity index (χ1v) is 14.3. The molecule has 0 radical (unpaired) electrons. The number of ether oxygens (including phenoxy) is 2. The van der Waals surface area contributed by atoms with Crippen molar-refractivity contribution < 1.29 is 30.9 Å². The third-order valence-electron chi connectivity index (χ3n) is 9.18. The number of likely N-dealkylation sites (tertiary alicyclic amines) is 1. The van der Waals surface area contributed by atoms with E-state index < -0.39 is 0 Å². The van der Waals surface area contributed by atoms with Crippen molar-refractivity contribution in [3.8, 4) is 17.6 Å². The quantitative estimate of drug-likeness (QED) is 0.335. The molecule has 0 amide bonds. The van der Waals surface area contributed by atoms with Gasteiger partial charge in [-0.3, -0.25) is 0 Å². The Morgan fingerprint density at radius 1 is 0.947 bits per heavy atom. The minimum atomic E-state index is -0.371. The van der Waals surface area contributed by atoms with Crippen LogP contribution in [0.25, 0.3) is 0 Å². The van der Waals surface area contributed by atoms with Crippen LogP contribution in [0.1, 0.15) is 36.5 Å². The van der Waals surface area contributed by atoms with Crippen molar-refractivity contribution in [3.05, 3.63) is 94.0 Å². The maximum absolute atomic E-state index is 10.3. The number of benzene rings is 3. The topological polar surface area (TPSA) is 42.2 Å². The predicted octanol–water partition coefficient (Wildman–Crippen LogP) is 3.88. The first kappa shape index (κ1) is 27.2. The summed E-state index contributed by atoms with van der Waals surface area (Å²) in [6.07, 6.45) is 2.88. The molecule has 6 heteroatoms. The monoisotopic (exact) mass is 636 g/mol. The molecule has 2 fully saturated rings. The Kier molecular flexibility index (Phi) is 7.91. The van der Waals surface area contributed by atoms with Crippen LogP contribution in [0.2, 0.25) is 0 Å². The van der Waals surface area contributed by atoms with Crippen molar-refractivity contribution >= 4 is 15.9 Å². The van der Waals surface area contributed by atoms with Gasteiger partial charge < -0.3 is 30.9 Å². The molecule has 4 nitrogen and oxygen atoms in total. The standard InChI is InChI=1S/C32H34BrN2O2.BrH/c1-2-32(21-34,25-6-4-3-5-7-25)17-27-28-19-35(20-29(27)28,18-24-8-11-26(33)12-9-24)15-14-23-10-13-30-31(16-23)37-22-36-30;/h3-13,16,27-29H,2,14-15,17-20,22H2,1H3;1H/q+1;/p-1. The van der Waals surface area contributed by atoms with Crippen LogP contribution in [0.5, 0.6) is 11.5 Å². The van der Waals surface area contributed by atoms with Crippen molar-refractivity contribution in [2.75, 3.05) is 26.4 Å². The van der Waals surface area contributed by atoms with Gasteiger partial charge in [-0.25, -0.2) is 0 Å². The largest absolute Gasteiger partial charge is 1.00 e. The number of hydrogen-bond acceptors (Lipinski definition) is 3.